The maximum Gasteiger partial charge on any atom is 0.133 e. The van der Waals surface area contributed by atoms with Gasteiger partial charge in [0, 0.05) is 24.0 Å². The van der Waals surface area contributed by atoms with Crippen molar-refractivity contribution < 1.29 is 9.90 Å². The van der Waals surface area contributed by atoms with E-state index in [0.29, 0.717) is 6.54 Å². The van der Waals surface area contributed by atoms with Gasteiger partial charge in [0.15, 0.2) is 0 Å². The number of aryl methyl sites for hydroxylation is 1. The first kappa shape index (κ1) is 14.4. The van der Waals surface area contributed by atoms with Gasteiger partial charge in [-0.15, -0.1) is 0 Å². The number of nitrogen functional groups attached to an aromatic ring is 1. The van der Waals surface area contributed by atoms with Crippen LogP contribution in [0.15, 0.2) is 30.5 Å². The molecule has 0 amide bonds. The molecule has 5 nitrogen and oxygen atoms in total. The maximum absolute atomic E-state index is 10.5. The number of nitrogens with zero attached hydrogens (tertiary/aromatic N) is 1. The molecule has 0 spiro atoms. The monoisotopic (exact) mass is 275 g/mol. The number of benzene rings is 1. The minimum absolute atomic E-state index is 0.137. The highest BCUT2D eigenvalue weighted by Crippen LogP contribution is 2.30. The average molecular weight is 275 g/mol. The highest BCUT2D eigenvalue weighted by molar-refractivity contribution is 5.60. The van der Waals surface area contributed by atoms with Gasteiger partial charge in [-0.2, -0.15) is 0 Å². The normalized spacial score (nSPS) is 21.9. The van der Waals surface area contributed by atoms with E-state index in [4.69, 9.17) is 5.73 Å². The number of aliphatic hydroxyl groups is 1. The summed E-state index contributed by atoms with van der Waals surface area (Å²) in [5.41, 5.74) is 8.61. The van der Waals surface area contributed by atoms with E-state index < -0.39 is 0 Å². The van der Waals surface area contributed by atoms with Crippen LogP contribution in [0.25, 0.3) is 0 Å². The summed E-state index contributed by atoms with van der Waals surface area (Å²) in [7, 11) is 0. The number of aliphatic hydroxyl groups excluding tert-OH is 1. The molecule has 2 unspecified atom stereocenters. The van der Waals surface area contributed by atoms with Gasteiger partial charge in [0.25, 0.3) is 0 Å². The summed E-state index contributed by atoms with van der Waals surface area (Å²) >= 11 is 0. The largest absolute Gasteiger partial charge is 0.511 e. The zero-order valence-electron chi connectivity index (χ0n) is 11.7. The number of hydrogen-bond acceptors (Lipinski definition) is 5. The molecule has 5 heteroatoms. The van der Waals surface area contributed by atoms with E-state index in [1.54, 1.807) is 0 Å². The quantitative estimate of drug-likeness (QED) is 0.430. The molecule has 20 heavy (non-hydrogen) atoms. The third-order valence-electron chi connectivity index (χ3n) is 3.76. The Morgan fingerprint density at radius 1 is 1.65 bits per heavy atom. The van der Waals surface area contributed by atoms with Crippen LogP contribution in [0, 0.1) is 6.92 Å². The summed E-state index contributed by atoms with van der Waals surface area (Å²) in [5, 5.41) is 12.9. The molecule has 1 fully saturated rings. The maximum atomic E-state index is 10.5. The topological polar surface area (TPSA) is 78.6 Å². The summed E-state index contributed by atoms with van der Waals surface area (Å²) in [4.78, 5) is 12.5. The standard InChI is InChI=1S/C15H21N3O2/c1-10-7-13(3-4-14(10)16)18-9-12(17-5-6-19)8-15(18)11(2)20/h3-4,6-7,12,15,17,20H,2,5,8-9,16H2,1H3. The first-order valence-electron chi connectivity index (χ1n) is 6.70. The van der Waals surface area contributed by atoms with Crippen molar-refractivity contribution in [1.82, 2.24) is 5.32 Å². The molecule has 2 rings (SSSR count). The Hall–Kier alpha value is -2.01. The molecule has 1 aliphatic heterocycles. The molecule has 0 radical (unpaired) electrons. The third kappa shape index (κ3) is 2.93. The van der Waals surface area contributed by atoms with Crippen LogP contribution in [-0.2, 0) is 4.79 Å². The van der Waals surface area contributed by atoms with E-state index in [1.807, 2.05) is 25.1 Å². The van der Waals surface area contributed by atoms with Gasteiger partial charge in [-0.25, -0.2) is 0 Å². The lowest BCUT2D eigenvalue weighted by molar-refractivity contribution is -0.107. The number of nitrogens with one attached hydrogen (secondary N) is 1. The predicted molar refractivity (Wildman–Crippen MR) is 81.0 cm³/mol. The second-order valence-electron chi connectivity index (χ2n) is 5.21. The van der Waals surface area contributed by atoms with Crippen LogP contribution in [0.3, 0.4) is 0 Å². The molecule has 0 saturated carbocycles. The predicted octanol–water partition coefficient (Wildman–Crippen LogP) is 1.38. The van der Waals surface area contributed by atoms with Gasteiger partial charge in [-0.05, 0) is 37.1 Å². The van der Waals surface area contributed by atoms with Gasteiger partial charge in [0.2, 0.25) is 0 Å². The molecule has 1 heterocycles. The van der Waals surface area contributed by atoms with Crippen molar-refractivity contribution in [2.75, 3.05) is 23.7 Å². The molecule has 1 aromatic carbocycles. The van der Waals surface area contributed by atoms with Gasteiger partial charge in [0.1, 0.15) is 12.0 Å². The fourth-order valence-electron chi connectivity index (χ4n) is 2.64. The van der Waals surface area contributed by atoms with Crippen LogP contribution in [0.4, 0.5) is 11.4 Å². The second-order valence-corrected chi connectivity index (χ2v) is 5.21. The van der Waals surface area contributed by atoms with Crippen molar-refractivity contribution in [3.63, 3.8) is 0 Å². The van der Waals surface area contributed by atoms with Gasteiger partial charge in [0.05, 0.1) is 12.6 Å². The zero-order valence-corrected chi connectivity index (χ0v) is 11.7. The Bertz CT molecular complexity index is 516. The first-order valence-corrected chi connectivity index (χ1v) is 6.70. The second kappa shape index (κ2) is 5.96. The van der Waals surface area contributed by atoms with E-state index in [1.165, 1.54) is 0 Å². The van der Waals surface area contributed by atoms with Crippen molar-refractivity contribution in [1.29, 1.82) is 0 Å². The highest BCUT2D eigenvalue weighted by Gasteiger charge is 2.33. The number of aldehydes is 1. The third-order valence-corrected chi connectivity index (χ3v) is 3.76. The van der Waals surface area contributed by atoms with Crippen molar-refractivity contribution in [2.24, 2.45) is 0 Å². The Morgan fingerprint density at radius 2 is 2.40 bits per heavy atom. The van der Waals surface area contributed by atoms with Crippen LogP contribution in [0.1, 0.15) is 12.0 Å². The lowest BCUT2D eigenvalue weighted by Gasteiger charge is -2.26. The molecular weight excluding hydrogens is 254 g/mol. The van der Waals surface area contributed by atoms with Crippen LogP contribution >= 0.6 is 0 Å². The van der Waals surface area contributed by atoms with Crippen LogP contribution in [-0.4, -0.2) is 36.6 Å². The van der Waals surface area contributed by atoms with Gasteiger partial charge < -0.3 is 25.9 Å². The number of carbonyl (C=O) groups excluding carboxylic acids is 1. The minimum atomic E-state index is -0.137. The van der Waals surface area contributed by atoms with E-state index in [-0.39, 0.29) is 17.8 Å². The Morgan fingerprint density at radius 3 is 3.00 bits per heavy atom. The first-order chi connectivity index (χ1) is 9.52. The molecule has 1 aromatic rings. The summed E-state index contributed by atoms with van der Waals surface area (Å²) in [6, 6.07) is 5.84. The zero-order chi connectivity index (χ0) is 14.7. The lowest BCUT2D eigenvalue weighted by atomic mass is 10.1. The number of nitrogens with two attached hydrogens (primary N) is 1. The number of anilines is 2. The summed E-state index contributed by atoms with van der Waals surface area (Å²) in [6.45, 7) is 6.66. The average Bonchev–Trinajstić information content (AvgIpc) is 2.84. The SMILES string of the molecule is C=C(O)C1CC(NCC=O)CN1c1ccc(N)c(C)c1. The molecule has 1 aliphatic rings. The van der Waals surface area contributed by atoms with E-state index in [0.717, 1.165) is 36.2 Å². The molecule has 1 saturated heterocycles. The number of rotatable bonds is 5. The van der Waals surface area contributed by atoms with Gasteiger partial charge in [-0.3, -0.25) is 0 Å². The minimum Gasteiger partial charge on any atom is -0.511 e. The van der Waals surface area contributed by atoms with Crippen molar-refractivity contribution in [3.8, 4) is 0 Å². The van der Waals surface area contributed by atoms with E-state index in [2.05, 4.69) is 16.8 Å². The molecule has 2 atom stereocenters. The fraction of sp³-hybridized carbons (Fsp3) is 0.400. The van der Waals surface area contributed by atoms with Crippen molar-refractivity contribution in [3.05, 3.63) is 36.1 Å². The molecule has 108 valence electrons. The molecule has 0 bridgehead atoms. The van der Waals surface area contributed by atoms with Crippen LogP contribution < -0.4 is 16.0 Å². The fourth-order valence-corrected chi connectivity index (χ4v) is 2.64. The molecular formula is C15H21N3O2. The molecule has 0 aromatic heterocycles. The van der Waals surface area contributed by atoms with Crippen molar-refractivity contribution >= 4 is 17.7 Å². The van der Waals surface area contributed by atoms with E-state index in [9.17, 15) is 9.90 Å². The van der Waals surface area contributed by atoms with E-state index >= 15 is 0 Å². The summed E-state index contributed by atoms with van der Waals surface area (Å²) < 4.78 is 0. The van der Waals surface area contributed by atoms with Crippen LogP contribution in [0.5, 0.6) is 0 Å². The Labute approximate surface area is 119 Å². The van der Waals surface area contributed by atoms with Gasteiger partial charge in [-0.1, -0.05) is 6.58 Å². The highest BCUT2D eigenvalue weighted by atomic mass is 16.3. The van der Waals surface area contributed by atoms with Crippen molar-refractivity contribution in [2.45, 2.75) is 25.4 Å². The Balaban J connectivity index is 2.20. The Kier molecular flexibility index (Phi) is 4.29. The van der Waals surface area contributed by atoms with Crippen LogP contribution in [0.2, 0.25) is 0 Å². The molecule has 4 N–H and O–H groups in total. The number of carbonyl (C=O) groups is 1. The summed E-state index contributed by atoms with van der Waals surface area (Å²) in [6.07, 6.45) is 1.57. The summed E-state index contributed by atoms with van der Waals surface area (Å²) in [5.74, 6) is 0.148. The molecule has 0 aliphatic carbocycles. The number of hydrogen-bond donors (Lipinski definition) is 3. The smallest absolute Gasteiger partial charge is 0.133 e. The van der Waals surface area contributed by atoms with Gasteiger partial charge >= 0.3 is 0 Å². The lowest BCUT2D eigenvalue weighted by Crippen LogP contribution is -2.34.